The number of esters is 1. The molecule has 3 aromatic rings. The molecule has 0 radical (unpaired) electrons. The molecule has 4 rings (SSSR count). The van der Waals surface area contributed by atoms with E-state index in [4.69, 9.17) is 4.74 Å². The van der Waals surface area contributed by atoms with E-state index in [2.05, 4.69) is 5.32 Å². The van der Waals surface area contributed by atoms with Crippen LogP contribution in [0.5, 0.6) is 0 Å². The number of benzene rings is 3. The lowest BCUT2D eigenvalue weighted by atomic mass is 10.0. The Morgan fingerprint density at radius 3 is 2.47 bits per heavy atom. The topological polar surface area (TPSA) is 92.8 Å². The van der Waals surface area contributed by atoms with Crippen molar-refractivity contribution in [3.8, 4) is 11.1 Å². The van der Waals surface area contributed by atoms with Crippen LogP contribution in [0.15, 0.2) is 65.6 Å². The molecule has 0 saturated heterocycles. The van der Waals surface area contributed by atoms with Gasteiger partial charge in [0.1, 0.15) is 6.54 Å². The molecule has 0 bridgehead atoms. The summed E-state index contributed by atoms with van der Waals surface area (Å²) in [5.41, 5.74) is 4.23. The minimum Gasteiger partial charge on any atom is -0.465 e. The van der Waals surface area contributed by atoms with Crippen molar-refractivity contribution >= 4 is 33.3 Å². The summed E-state index contributed by atoms with van der Waals surface area (Å²) >= 11 is 0. The summed E-state index contributed by atoms with van der Waals surface area (Å²) in [5.74, 6) is -1.05. The van der Waals surface area contributed by atoms with Crippen LogP contribution in [-0.2, 0) is 19.6 Å². The predicted octanol–water partition coefficient (Wildman–Crippen LogP) is 3.90. The SMILES string of the molecule is COC(=O)c1ccc(C)c(NC(=O)CN2c3ccc(C)cc3-c3ccccc3S2(=O)=O)c1. The van der Waals surface area contributed by atoms with Gasteiger partial charge in [-0.05, 0) is 49.7 Å². The van der Waals surface area contributed by atoms with Crippen molar-refractivity contribution in [1.82, 2.24) is 0 Å². The number of ether oxygens (including phenoxy) is 1. The van der Waals surface area contributed by atoms with Gasteiger partial charge >= 0.3 is 5.97 Å². The first-order chi connectivity index (χ1) is 15.2. The molecule has 32 heavy (non-hydrogen) atoms. The monoisotopic (exact) mass is 450 g/mol. The third kappa shape index (κ3) is 3.73. The van der Waals surface area contributed by atoms with E-state index in [9.17, 15) is 18.0 Å². The second-order valence-corrected chi connectivity index (χ2v) is 9.43. The van der Waals surface area contributed by atoms with Crippen LogP contribution in [-0.4, -0.2) is 33.9 Å². The molecule has 0 aliphatic carbocycles. The van der Waals surface area contributed by atoms with Crippen molar-refractivity contribution in [2.75, 3.05) is 23.3 Å². The molecule has 1 heterocycles. The quantitative estimate of drug-likeness (QED) is 0.609. The summed E-state index contributed by atoms with van der Waals surface area (Å²) < 4.78 is 32.6. The highest BCUT2D eigenvalue weighted by Crippen LogP contribution is 2.43. The van der Waals surface area contributed by atoms with Gasteiger partial charge in [-0.15, -0.1) is 0 Å². The highest BCUT2D eigenvalue weighted by atomic mass is 32.2. The van der Waals surface area contributed by atoms with Crippen LogP contribution >= 0.6 is 0 Å². The van der Waals surface area contributed by atoms with Gasteiger partial charge in [0, 0.05) is 16.8 Å². The van der Waals surface area contributed by atoms with E-state index in [0.29, 0.717) is 16.9 Å². The standard InChI is InChI=1S/C24H22N2O5S/c1-15-8-11-21-19(12-15)18-6-4-5-7-22(18)32(29,30)26(21)14-23(27)25-20-13-17(24(28)31-3)10-9-16(20)2/h4-13H,14H2,1-3H3,(H,25,27). The normalized spacial score (nSPS) is 13.7. The van der Waals surface area contributed by atoms with E-state index in [1.807, 2.05) is 19.1 Å². The van der Waals surface area contributed by atoms with Crippen LogP contribution in [0.2, 0.25) is 0 Å². The minimum atomic E-state index is -3.93. The number of hydrogen-bond acceptors (Lipinski definition) is 5. The van der Waals surface area contributed by atoms with Crippen LogP contribution < -0.4 is 9.62 Å². The van der Waals surface area contributed by atoms with E-state index < -0.39 is 28.4 Å². The maximum Gasteiger partial charge on any atom is 0.337 e. The zero-order valence-electron chi connectivity index (χ0n) is 17.9. The first kappa shape index (κ1) is 21.6. The number of amides is 1. The summed E-state index contributed by atoms with van der Waals surface area (Å²) in [5, 5.41) is 2.73. The Morgan fingerprint density at radius 1 is 0.969 bits per heavy atom. The number of aryl methyl sites for hydroxylation is 2. The molecular formula is C24H22N2O5S. The maximum atomic E-state index is 13.4. The molecule has 0 aromatic heterocycles. The van der Waals surface area contributed by atoms with Crippen molar-refractivity contribution in [1.29, 1.82) is 0 Å². The molecule has 0 fully saturated rings. The van der Waals surface area contributed by atoms with Gasteiger partial charge in [0.05, 0.1) is 23.3 Å². The fraction of sp³-hybridized carbons (Fsp3) is 0.167. The molecule has 0 spiro atoms. The molecule has 1 N–H and O–H groups in total. The zero-order valence-corrected chi connectivity index (χ0v) is 18.7. The molecule has 164 valence electrons. The number of sulfonamides is 1. The average Bonchev–Trinajstić information content (AvgIpc) is 2.78. The van der Waals surface area contributed by atoms with Gasteiger partial charge in [-0.1, -0.05) is 35.9 Å². The summed E-state index contributed by atoms with van der Waals surface area (Å²) in [6, 6.07) is 17.0. The first-order valence-electron chi connectivity index (χ1n) is 9.94. The maximum absolute atomic E-state index is 13.4. The molecular weight excluding hydrogens is 428 g/mol. The summed E-state index contributed by atoms with van der Waals surface area (Å²) in [6.45, 7) is 3.30. The Morgan fingerprint density at radius 2 is 1.72 bits per heavy atom. The van der Waals surface area contributed by atoms with Crippen LogP contribution in [0, 0.1) is 13.8 Å². The molecule has 0 unspecified atom stereocenters. The number of carbonyl (C=O) groups excluding carboxylic acids is 2. The van der Waals surface area contributed by atoms with Crippen molar-refractivity contribution in [2.24, 2.45) is 0 Å². The Bertz CT molecular complexity index is 1350. The number of anilines is 2. The molecule has 0 atom stereocenters. The average molecular weight is 451 g/mol. The largest absolute Gasteiger partial charge is 0.465 e. The van der Waals surface area contributed by atoms with Gasteiger partial charge in [0.25, 0.3) is 10.0 Å². The van der Waals surface area contributed by atoms with E-state index in [1.165, 1.54) is 13.2 Å². The highest BCUT2D eigenvalue weighted by Gasteiger charge is 2.35. The lowest BCUT2D eigenvalue weighted by Gasteiger charge is -2.32. The van der Waals surface area contributed by atoms with Crippen LogP contribution in [0.4, 0.5) is 11.4 Å². The van der Waals surface area contributed by atoms with E-state index in [-0.39, 0.29) is 10.5 Å². The predicted molar refractivity (Wildman–Crippen MR) is 122 cm³/mol. The zero-order chi connectivity index (χ0) is 23.0. The lowest BCUT2D eigenvalue weighted by molar-refractivity contribution is -0.114. The van der Waals surface area contributed by atoms with Gasteiger partial charge in [0.15, 0.2) is 0 Å². The molecule has 1 aliphatic heterocycles. The Kier molecular flexibility index (Phi) is 5.48. The van der Waals surface area contributed by atoms with Crippen LogP contribution in [0.3, 0.4) is 0 Å². The van der Waals surface area contributed by atoms with Gasteiger partial charge in [-0.25, -0.2) is 13.2 Å². The molecule has 1 aliphatic rings. The van der Waals surface area contributed by atoms with Gasteiger partial charge in [-0.3, -0.25) is 9.10 Å². The summed E-state index contributed by atoms with van der Waals surface area (Å²) in [4.78, 5) is 24.9. The van der Waals surface area contributed by atoms with Gasteiger partial charge in [0.2, 0.25) is 5.91 Å². The molecule has 8 heteroatoms. The smallest absolute Gasteiger partial charge is 0.337 e. The van der Waals surface area contributed by atoms with Crippen molar-refractivity contribution in [3.63, 3.8) is 0 Å². The van der Waals surface area contributed by atoms with Crippen LogP contribution in [0.1, 0.15) is 21.5 Å². The number of rotatable bonds is 4. The second-order valence-electron chi connectivity index (χ2n) is 7.60. The Hall–Kier alpha value is -3.65. The van der Waals surface area contributed by atoms with Gasteiger partial charge in [-0.2, -0.15) is 0 Å². The highest BCUT2D eigenvalue weighted by molar-refractivity contribution is 7.93. The molecule has 0 saturated carbocycles. The number of hydrogen-bond donors (Lipinski definition) is 1. The Labute approximate surface area is 186 Å². The number of fused-ring (bicyclic) bond motifs is 3. The van der Waals surface area contributed by atoms with E-state index in [0.717, 1.165) is 21.0 Å². The number of methoxy groups -OCH3 is 1. The minimum absolute atomic E-state index is 0.162. The van der Waals surface area contributed by atoms with E-state index in [1.54, 1.807) is 49.4 Å². The van der Waals surface area contributed by atoms with Crippen molar-refractivity contribution in [2.45, 2.75) is 18.7 Å². The number of carbonyl (C=O) groups is 2. The Balaban J connectivity index is 1.69. The second kappa shape index (κ2) is 8.12. The van der Waals surface area contributed by atoms with Crippen LogP contribution in [0.25, 0.3) is 11.1 Å². The fourth-order valence-electron chi connectivity index (χ4n) is 3.74. The van der Waals surface area contributed by atoms with Gasteiger partial charge < -0.3 is 10.1 Å². The lowest BCUT2D eigenvalue weighted by Crippen LogP contribution is -2.40. The first-order valence-corrected chi connectivity index (χ1v) is 11.4. The third-order valence-corrected chi connectivity index (χ3v) is 7.20. The van der Waals surface area contributed by atoms with E-state index >= 15 is 0 Å². The summed E-state index contributed by atoms with van der Waals surface area (Å²) in [6.07, 6.45) is 0. The molecule has 7 nitrogen and oxygen atoms in total. The van der Waals surface area contributed by atoms with Crippen molar-refractivity contribution < 1.29 is 22.7 Å². The fourth-order valence-corrected chi connectivity index (χ4v) is 5.39. The molecule has 1 amide bonds. The number of nitrogens with zero attached hydrogens (tertiary/aromatic N) is 1. The third-order valence-electron chi connectivity index (χ3n) is 5.39. The van der Waals surface area contributed by atoms with Crippen molar-refractivity contribution in [3.05, 3.63) is 77.4 Å². The number of nitrogens with one attached hydrogen (secondary N) is 1. The summed E-state index contributed by atoms with van der Waals surface area (Å²) in [7, 11) is -2.66. The molecule has 3 aromatic carbocycles.